The Labute approximate surface area is 133 Å². The fraction of sp³-hybridized carbons (Fsp3) is 0.118. The van der Waals surface area contributed by atoms with Gasteiger partial charge in [0.25, 0.3) is 0 Å². The lowest BCUT2D eigenvalue weighted by Gasteiger charge is -2.16. The summed E-state index contributed by atoms with van der Waals surface area (Å²) in [5, 5.41) is 0.848. The average Bonchev–Trinajstić information content (AvgIpc) is 2.59. The third-order valence-corrected chi connectivity index (χ3v) is 2.91. The first-order valence-electron chi connectivity index (χ1n) is 6.72. The molecule has 23 heavy (non-hydrogen) atoms. The number of hydrogen-bond donors (Lipinski definition) is 1. The van der Waals surface area contributed by atoms with Gasteiger partial charge in [-0.05, 0) is 42.0 Å². The van der Waals surface area contributed by atoms with Gasteiger partial charge in [-0.3, -0.25) is 0 Å². The molecule has 0 spiro atoms. The van der Waals surface area contributed by atoms with Crippen molar-refractivity contribution in [1.29, 1.82) is 0 Å². The maximum Gasteiger partial charge on any atom is 0.429 e. The minimum absolute atomic E-state index is 0.147. The summed E-state index contributed by atoms with van der Waals surface area (Å²) in [6, 6.07) is 12.6. The van der Waals surface area contributed by atoms with Crippen molar-refractivity contribution in [2.75, 3.05) is 11.6 Å². The molecule has 0 aliphatic heterocycles. The standard InChI is InChI=1S/C17H15FN2O3/c1-2-11-22-17(21)20(19)15-7-9-16(10-8-15)23-12-13-3-5-14(18)6-4-13/h1,3-10H,11-12,19H2. The monoisotopic (exact) mass is 314 g/mol. The van der Waals surface area contributed by atoms with Crippen molar-refractivity contribution in [2.24, 2.45) is 5.84 Å². The lowest BCUT2D eigenvalue weighted by atomic mass is 10.2. The second-order valence-corrected chi connectivity index (χ2v) is 4.54. The number of ether oxygens (including phenoxy) is 2. The van der Waals surface area contributed by atoms with Crippen LogP contribution < -0.4 is 15.6 Å². The molecular formula is C17H15FN2O3. The van der Waals surface area contributed by atoms with Crippen LogP contribution >= 0.6 is 0 Å². The highest BCUT2D eigenvalue weighted by atomic mass is 19.1. The van der Waals surface area contributed by atoms with E-state index >= 15 is 0 Å². The van der Waals surface area contributed by atoms with E-state index in [1.807, 2.05) is 0 Å². The predicted octanol–water partition coefficient (Wildman–Crippen LogP) is 2.85. The molecule has 0 aliphatic carbocycles. The molecule has 0 fully saturated rings. The van der Waals surface area contributed by atoms with Gasteiger partial charge in [0.15, 0.2) is 6.61 Å². The van der Waals surface area contributed by atoms with Gasteiger partial charge in [-0.1, -0.05) is 18.1 Å². The molecule has 2 rings (SSSR count). The van der Waals surface area contributed by atoms with Crippen molar-refractivity contribution in [3.05, 3.63) is 59.9 Å². The molecule has 0 bridgehead atoms. The summed E-state index contributed by atoms with van der Waals surface area (Å²) < 4.78 is 23.1. The molecule has 0 aliphatic rings. The van der Waals surface area contributed by atoms with Crippen molar-refractivity contribution >= 4 is 11.8 Å². The lowest BCUT2D eigenvalue weighted by molar-refractivity contribution is 0.168. The van der Waals surface area contributed by atoms with Crippen molar-refractivity contribution in [2.45, 2.75) is 6.61 Å². The maximum atomic E-state index is 12.8. The molecule has 0 radical (unpaired) electrons. The van der Waals surface area contributed by atoms with Gasteiger partial charge in [0, 0.05) is 0 Å². The highest BCUT2D eigenvalue weighted by Crippen LogP contribution is 2.19. The molecular weight excluding hydrogens is 299 g/mol. The van der Waals surface area contributed by atoms with Gasteiger partial charge in [-0.25, -0.2) is 20.0 Å². The molecule has 0 saturated carbocycles. The number of carbonyl (C=O) groups excluding carboxylic acids is 1. The Morgan fingerprint density at radius 2 is 1.83 bits per heavy atom. The Bertz CT molecular complexity index is 693. The molecule has 0 saturated heterocycles. The summed E-state index contributed by atoms with van der Waals surface area (Å²) in [5.74, 6) is 8.10. The van der Waals surface area contributed by atoms with Crippen LogP contribution in [-0.4, -0.2) is 12.7 Å². The molecule has 1 amide bonds. The van der Waals surface area contributed by atoms with Crippen LogP contribution in [0.1, 0.15) is 5.56 Å². The van der Waals surface area contributed by atoms with Gasteiger partial charge in [0.2, 0.25) is 0 Å². The molecule has 0 atom stereocenters. The van der Waals surface area contributed by atoms with Crippen LogP contribution in [0.2, 0.25) is 0 Å². The van der Waals surface area contributed by atoms with Gasteiger partial charge < -0.3 is 9.47 Å². The Hall–Kier alpha value is -3.04. The summed E-state index contributed by atoms with van der Waals surface area (Å²) in [6.45, 7) is 0.154. The average molecular weight is 314 g/mol. The maximum absolute atomic E-state index is 12.8. The summed E-state index contributed by atoms with van der Waals surface area (Å²) in [4.78, 5) is 11.5. The van der Waals surface area contributed by atoms with E-state index in [4.69, 9.17) is 21.7 Å². The number of hydrazine groups is 1. The first kappa shape index (κ1) is 16.3. The predicted molar refractivity (Wildman–Crippen MR) is 84.0 cm³/mol. The molecule has 0 unspecified atom stereocenters. The second-order valence-electron chi connectivity index (χ2n) is 4.54. The van der Waals surface area contributed by atoms with Crippen LogP contribution in [0.25, 0.3) is 0 Å². The summed E-state index contributed by atoms with van der Waals surface area (Å²) in [6.07, 6.45) is 4.25. The van der Waals surface area contributed by atoms with E-state index in [0.29, 0.717) is 18.0 Å². The van der Waals surface area contributed by atoms with Gasteiger partial charge in [-0.15, -0.1) is 6.42 Å². The fourth-order valence-corrected chi connectivity index (χ4v) is 1.73. The van der Waals surface area contributed by atoms with Crippen LogP contribution in [-0.2, 0) is 11.3 Å². The summed E-state index contributed by atoms with van der Waals surface area (Å²) in [5.41, 5.74) is 1.27. The highest BCUT2D eigenvalue weighted by Gasteiger charge is 2.12. The zero-order chi connectivity index (χ0) is 16.7. The highest BCUT2D eigenvalue weighted by molar-refractivity contribution is 5.86. The van der Waals surface area contributed by atoms with E-state index in [0.717, 1.165) is 10.6 Å². The summed E-state index contributed by atoms with van der Waals surface area (Å²) in [7, 11) is 0. The topological polar surface area (TPSA) is 64.8 Å². The number of terminal acetylenes is 1. The summed E-state index contributed by atoms with van der Waals surface area (Å²) >= 11 is 0. The quantitative estimate of drug-likeness (QED) is 0.399. The fourth-order valence-electron chi connectivity index (χ4n) is 1.73. The van der Waals surface area contributed by atoms with Crippen LogP contribution in [0.4, 0.5) is 14.9 Å². The zero-order valence-electron chi connectivity index (χ0n) is 12.2. The van der Waals surface area contributed by atoms with Crippen LogP contribution in [0.3, 0.4) is 0 Å². The van der Waals surface area contributed by atoms with Gasteiger partial charge >= 0.3 is 6.09 Å². The van der Waals surface area contributed by atoms with E-state index in [1.54, 1.807) is 36.4 Å². The van der Waals surface area contributed by atoms with E-state index in [9.17, 15) is 9.18 Å². The minimum atomic E-state index is -0.747. The van der Waals surface area contributed by atoms with Gasteiger partial charge in [0.1, 0.15) is 18.2 Å². The first-order valence-corrected chi connectivity index (χ1v) is 6.72. The Morgan fingerprint density at radius 3 is 2.43 bits per heavy atom. The Morgan fingerprint density at radius 1 is 1.17 bits per heavy atom. The molecule has 2 N–H and O–H groups in total. The van der Waals surface area contributed by atoms with E-state index in [-0.39, 0.29) is 12.4 Å². The number of halogens is 1. The lowest BCUT2D eigenvalue weighted by Crippen LogP contribution is -2.37. The van der Waals surface area contributed by atoms with Gasteiger partial charge in [0.05, 0.1) is 5.69 Å². The molecule has 0 heterocycles. The smallest absolute Gasteiger partial charge is 0.429 e. The third kappa shape index (κ3) is 4.73. The number of nitrogens with two attached hydrogens (primary N) is 1. The number of rotatable bonds is 5. The minimum Gasteiger partial charge on any atom is -0.489 e. The normalized spacial score (nSPS) is 9.78. The Kier molecular flexibility index (Phi) is 5.56. The second kappa shape index (κ2) is 7.82. The van der Waals surface area contributed by atoms with Crippen LogP contribution in [0.5, 0.6) is 5.75 Å². The largest absolute Gasteiger partial charge is 0.489 e. The molecule has 6 heteroatoms. The number of amides is 1. The van der Waals surface area contributed by atoms with Crippen molar-refractivity contribution < 1.29 is 18.7 Å². The molecule has 2 aromatic rings. The van der Waals surface area contributed by atoms with E-state index in [2.05, 4.69) is 5.92 Å². The number of carbonyl (C=O) groups is 1. The number of anilines is 1. The van der Waals surface area contributed by atoms with E-state index < -0.39 is 6.09 Å². The molecule has 2 aromatic carbocycles. The third-order valence-electron chi connectivity index (χ3n) is 2.91. The van der Waals surface area contributed by atoms with Crippen molar-refractivity contribution in [3.8, 4) is 18.1 Å². The van der Waals surface area contributed by atoms with Crippen molar-refractivity contribution in [3.63, 3.8) is 0 Å². The SMILES string of the molecule is C#CCOC(=O)N(N)c1ccc(OCc2ccc(F)cc2)cc1. The van der Waals surface area contributed by atoms with Gasteiger partial charge in [-0.2, -0.15) is 0 Å². The van der Waals surface area contributed by atoms with Crippen molar-refractivity contribution in [1.82, 2.24) is 0 Å². The van der Waals surface area contributed by atoms with Crippen LogP contribution in [0, 0.1) is 18.2 Å². The van der Waals surface area contributed by atoms with Crippen LogP contribution in [0.15, 0.2) is 48.5 Å². The zero-order valence-corrected chi connectivity index (χ0v) is 12.2. The molecule has 0 aromatic heterocycles. The Balaban J connectivity index is 1.92. The number of benzene rings is 2. The number of nitrogens with zero attached hydrogens (tertiary/aromatic N) is 1. The first-order chi connectivity index (χ1) is 11.1. The molecule has 5 nitrogen and oxygen atoms in total. The van der Waals surface area contributed by atoms with E-state index in [1.165, 1.54) is 12.1 Å². The molecule has 118 valence electrons. The number of hydrogen-bond acceptors (Lipinski definition) is 4.